The number of aryl methyl sites for hydroxylation is 1. The number of amides is 1. The molecule has 1 aromatic carbocycles. The molecule has 0 saturated carbocycles. The van der Waals surface area contributed by atoms with E-state index >= 15 is 0 Å². The summed E-state index contributed by atoms with van der Waals surface area (Å²) in [6.07, 6.45) is 0.903. The molecule has 20 heavy (non-hydrogen) atoms. The van der Waals surface area contributed by atoms with Crippen LogP contribution in [0.4, 0.5) is 5.69 Å². The van der Waals surface area contributed by atoms with Gasteiger partial charge >= 0.3 is 0 Å². The van der Waals surface area contributed by atoms with E-state index in [-0.39, 0.29) is 5.91 Å². The van der Waals surface area contributed by atoms with Crippen molar-refractivity contribution in [1.29, 1.82) is 0 Å². The molecule has 2 aromatic rings. The van der Waals surface area contributed by atoms with Crippen LogP contribution in [-0.2, 0) is 6.54 Å². The highest BCUT2D eigenvalue weighted by atomic mass is 16.3. The SMILES string of the molecule is CCCN(Cc1ccc(N)cc1)C(=O)c1ccc(C)o1. The van der Waals surface area contributed by atoms with Gasteiger partial charge in [0.2, 0.25) is 0 Å². The quantitative estimate of drug-likeness (QED) is 0.850. The van der Waals surface area contributed by atoms with E-state index in [1.165, 1.54) is 0 Å². The zero-order valence-corrected chi connectivity index (χ0v) is 11.9. The Morgan fingerprint density at radius 3 is 2.45 bits per heavy atom. The number of nitrogen functional groups attached to an aromatic ring is 1. The number of furan rings is 1. The van der Waals surface area contributed by atoms with Crippen molar-refractivity contribution >= 4 is 11.6 Å². The summed E-state index contributed by atoms with van der Waals surface area (Å²) in [6.45, 7) is 5.15. The van der Waals surface area contributed by atoms with Gasteiger partial charge in [-0.1, -0.05) is 19.1 Å². The number of hydrogen-bond acceptors (Lipinski definition) is 3. The number of rotatable bonds is 5. The summed E-state index contributed by atoms with van der Waals surface area (Å²) >= 11 is 0. The lowest BCUT2D eigenvalue weighted by Gasteiger charge is -2.21. The molecule has 0 saturated heterocycles. The predicted octanol–water partition coefficient (Wildman–Crippen LogP) is 3.22. The second-order valence-electron chi connectivity index (χ2n) is 4.88. The van der Waals surface area contributed by atoms with E-state index in [1.54, 1.807) is 17.0 Å². The van der Waals surface area contributed by atoms with E-state index in [4.69, 9.17) is 10.2 Å². The minimum atomic E-state index is -0.0724. The van der Waals surface area contributed by atoms with Gasteiger partial charge in [-0.15, -0.1) is 0 Å². The third-order valence-corrected chi connectivity index (χ3v) is 3.09. The van der Waals surface area contributed by atoms with Crippen molar-refractivity contribution in [2.75, 3.05) is 12.3 Å². The highest BCUT2D eigenvalue weighted by Gasteiger charge is 2.18. The first-order valence-electron chi connectivity index (χ1n) is 6.80. The van der Waals surface area contributed by atoms with E-state index in [0.717, 1.165) is 23.4 Å². The van der Waals surface area contributed by atoms with E-state index in [9.17, 15) is 4.79 Å². The van der Waals surface area contributed by atoms with E-state index in [1.807, 2.05) is 31.2 Å². The van der Waals surface area contributed by atoms with Crippen molar-refractivity contribution in [1.82, 2.24) is 4.90 Å². The molecule has 0 aliphatic heterocycles. The summed E-state index contributed by atoms with van der Waals surface area (Å²) in [5.41, 5.74) is 7.46. The van der Waals surface area contributed by atoms with Crippen molar-refractivity contribution in [2.24, 2.45) is 0 Å². The van der Waals surface area contributed by atoms with Crippen molar-refractivity contribution in [2.45, 2.75) is 26.8 Å². The number of hydrogen-bond donors (Lipinski definition) is 1. The maximum Gasteiger partial charge on any atom is 0.289 e. The van der Waals surface area contributed by atoms with Gasteiger partial charge in [0.1, 0.15) is 5.76 Å². The fourth-order valence-electron chi connectivity index (χ4n) is 2.07. The number of benzene rings is 1. The number of nitrogens with two attached hydrogens (primary N) is 1. The summed E-state index contributed by atoms with van der Waals surface area (Å²) in [6, 6.07) is 11.1. The highest BCUT2D eigenvalue weighted by molar-refractivity contribution is 5.91. The van der Waals surface area contributed by atoms with Crippen LogP contribution in [0.5, 0.6) is 0 Å². The van der Waals surface area contributed by atoms with Gasteiger partial charge in [-0.05, 0) is 43.2 Å². The van der Waals surface area contributed by atoms with Gasteiger partial charge in [0, 0.05) is 18.8 Å². The van der Waals surface area contributed by atoms with Gasteiger partial charge in [-0.3, -0.25) is 4.79 Å². The fourth-order valence-corrected chi connectivity index (χ4v) is 2.07. The largest absolute Gasteiger partial charge is 0.456 e. The molecule has 0 bridgehead atoms. The lowest BCUT2D eigenvalue weighted by Crippen LogP contribution is -2.31. The van der Waals surface area contributed by atoms with Crippen LogP contribution in [0.2, 0.25) is 0 Å². The molecule has 0 fully saturated rings. The van der Waals surface area contributed by atoms with Crippen LogP contribution < -0.4 is 5.73 Å². The van der Waals surface area contributed by atoms with Crippen LogP contribution in [0.1, 0.15) is 35.2 Å². The Kier molecular flexibility index (Phi) is 4.45. The van der Waals surface area contributed by atoms with Crippen LogP contribution in [-0.4, -0.2) is 17.4 Å². The summed E-state index contributed by atoms with van der Waals surface area (Å²) in [4.78, 5) is 14.2. The van der Waals surface area contributed by atoms with Crippen LogP contribution in [0.25, 0.3) is 0 Å². The molecule has 4 heteroatoms. The molecule has 1 heterocycles. The summed E-state index contributed by atoms with van der Waals surface area (Å²) in [7, 11) is 0. The zero-order chi connectivity index (χ0) is 14.5. The van der Waals surface area contributed by atoms with Crippen molar-refractivity contribution in [3.05, 3.63) is 53.5 Å². The Labute approximate surface area is 119 Å². The smallest absolute Gasteiger partial charge is 0.289 e. The van der Waals surface area contributed by atoms with Crippen LogP contribution in [0.3, 0.4) is 0 Å². The molecule has 0 radical (unpaired) electrons. The second kappa shape index (κ2) is 6.28. The Balaban J connectivity index is 2.14. The van der Waals surface area contributed by atoms with Gasteiger partial charge in [0.05, 0.1) is 0 Å². The summed E-state index contributed by atoms with van der Waals surface area (Å²) in [5, 5.41) is 0. The molecule has 0 atom stereocenters. The van der Waals surface area contributed by atoms with E-state index in [0.29, 0.717) is 18.8 Å². The molecular weight excluding hydrogens is 252 g/mol. The van der Waals surface area contributed by atoms with Gasteiger partial charge in [-0.25, -0.2) is 0 Å². The van der Waals surface area contributed by atoms with Crippen LogP contribution in [0.15, 0.2) is 40.8 Å². The molecular formula is C16H20N2O2. The van der Waals surface area contributed by atoms with Crippen LogP contribution >= 0.6 is 0 Å². The lowest BCUT2D eigenvalue weighted by molar-refractivity contribution is 0.0709. The average Bonchev–Trinajstić information content (AvgIpc) is 2.86. The molecule has 1 amide bonds. The molecule has 0 unspecified atom stereocenters. The summed E-state index contributed by atoms with van der Waals surface area (Å²) in [5.74, 6) is 1.07. The van der Waals surface area contributed by atoms with Gasteiger partial charge in [0.25, 0.3) is 5.91 Å². The predicted molar refractivity (Wildman–Crippen MR) is 79.3 cm³/mol. The normalized spacial score (nSPS) is 10.5. The molecule has 4 nitrogen and oxygen atoms in total. The van der Waals surface area contributed by atoms with Gasteiger partial charge in [-0.2, -0.15) is 0 Å². The Hall–Kier alpha value is -2.23. The minimum Gasteiger partial charge on any atom is -0.456 e. The molecule has 0 aliphatic carbocycles. The zero-order valence-electron chi connectivity index (χ0n) is 11.9. The minimum absolute atomic E-state index is 0.0724. The van der Waals surface area contributed by atoms with Crippen molar-refractivity contribution in [3.63, 3.8) is 0 Å². The maximum absolute atomic E-state index is 12.4. The molecule has 0 spiro atoms. The third-order valence-electron chi connectivity index (χ3n) is 3.09. The first-order chi connectivity index (χ1) is 9.60. The number of carbonyl (C=O) groups excluding carboxylic acids is 1. The Bertz CT molecular complexity index is 572. The third kappa shape index (κ3) is 3.41. The maximum atomic E-state index is 12.4. The Morgan fingerprint density at radius 2 is 1.90 bits per heavy atom. The molecule has 2 rings (SSSR count). The topological polar surface area (TPSA) is 59.5 Å². The Morgan fingerprint density at radius 1 is 1.20 bits per heavy atom. The molecule has 106 valence electrons. The second-order valence-corrected chi connectivity index (χ2v) is 4.88. The van der Waals surface area contributed by atoms with E-state index < -0.39 is 0 Å². The lowest BCUT2D eigenvalue weighted by atomic mass is 10.2. The number of anilines is 1. The van der Waals surface area contributed by atoms with Gasteiger partial charge < -0.3 is 15.1 Å². The first-order valence-corrected chi connectivity index (χ1v) is 6.80. The van der Waals surface area contributed by atoms with Crippen molar-refractivity contribution in [3.8, 4) is 0 Å². The molecule has 2 N–H and O–H groups in total. The monoisotopic (exact) mass is 272 g/mol. The molecule has 1 aromatic heterocycles. The first kappa shape index (κ1) is 14.2. The van der Waals surface area contributed by atoms with Gasteiger partial charge in [0.15, 0.2) is 5.76 Å². The number of carbonyl (C=O) groups is 1. The molecule has 0 aliphatic rings. The van der Waals surface area contributed by atoms with Crippen molar-refractivity contribution < 1.29 is 9.21 Å². The number of nitrogens with zero attached hydrogens (tertiary/aromatic N) is 1. The average molecular weight is 272 g/mol. The van der Waals surface area contributed by atoms with E-state index in [2.05, 4.69) is 6.92 Å². The fraction of sp³-hybridized carbons (Fsp3) is 0.312. The highest BCUT2D eigenvalue weighted by Crippen LogP contribution is 2.14. The summed E-state index contributed by atoms with van der Waals surface area (Å²) < 4.78 is 5.42. The standard InChI is InChI=1S/C16H20N2O2/c1-3-10-18(11-13-5-7-14(17)8-6-13)16(19)15-9-4-12(2)20-15/h4-9H,3,10-11,17H2,1-2H3. The van der Waals surface area contributed by atoms with Crippen LogP contribution in [0, 0.1) is 6.92 Å².